The monoisotopic (exact) mass is 403 g/mol. The number of benzene rings is 2. The molecule has 0 radical (unpaired) electrons. The molecule has 0 aliphatic carbocycles. The fraction of sp³-hybridized carbons (Fsp3) is 0.280. The van der Waals surface area contributed by atoms with Crippen molar-refractivity contribution in [1.29, 1.82) is 0 Å². The van der Waals surface area contributed by atoms with Crippen LogP contribution in [0.3, 0.4) is 0 Å². The number of hydrogen-bond acceptors (Lipinski definition) is 4. The number of nitrogens with zero attached hydrogens (tertiary/aromatic N) is 1. The number of hydrogen-bond donors (Lipinski definition) is 1. The normalized spacial score (nSPS) is 16.7. The molecule has 1 atom stereocenters. The molecule has 0 fully saturated rings. The fourth-order valence-electron chi connectivity index (χ4n) is 4.06. The first-order valence-electron chi connectivity index (χ1n) is 10.3. The molecular weight excluding hydrogens is 378 g/mol. The predicted octanol–water partition coefficient (Wildman–Crippen LogP) is 5.51. The summed E-state index contributed by atoms with van der Waals surface area (Å²) in [4.78, 5) is 28.0. The van der Waals surface area contributed by atoms with Gasteiger partial charge in [-0.3, -0.25) is 9.59 Å². The molecule has 0 spiro atoms. The van der Waals surface area contributed by atoms with Gasteiger partial charge in [0.05, 0.1) is 11.6 Å². The van der Waals surface area contributed by atoms with E-state index in [2.05, 4.69) is 6.92 Å². The van der Waals surface area contributed by atoms with Crippen molar-refractivity contribution in [2.45, 2.75) is 39.2 Å². The van der Waals surface area contributed by atoms with E-state index in [0.717, 1.165) is 35.8 Å². The van der Waals surface area contributed by atoms with E-state index >= 15 is 0 Å². The number of ketones is 1. The number of rotatable bonds is 7. The maximum atomic E-state index is 13.4. The Balaban J connectivity index is 1.77. The van der Waals surface area contributed by atoms with Gasteiger partial charge in [-0.15, -0.1) is 0 Å². The Morgan fingerprint density at radius 2 is 1.90 bits per heavy atom. The SMILES string of the molecule is CCCCCN1C(=O)C(O)=C(C(=O)c2cc3ccccc3o2)C1c1cccc(C)c1. The van der Waals surface area contributed by atoms with Crippen LogP contribution in [-0.2, 0) is 4.79 Å². The Hall–Kier alpha value is -3.34. The van der Waals surface area contributed by atoms with Gasteiger partial charge in [-0.25, -0.2) is 0 Å². The highest BCUT2D eigenvalue weighted by Gasteiger charge is 2.44. The summed E-state index contributed by atoms with van der Waals surface area (Å²) in [6.45, 7) is 4.54. The van der Waals surface area contributed by atoms with E-state index < -0.39 is 23.5 Å². The molecule has 1 aliphatic heterocycles. The van der Waals surface area contributed by atoms with Gasteiger partial charge in [0.15, 0.2) is 11.5 Å². The van der Waals surface area contributed by atoms with Gasteiger partial charge in [0.2, 0.25) is 5.78 Å². The summed E-state index contributed by atoms with van der Waals surface area (Å²) in [5.41, 5.74) is 2.51. The van der Waals surface area contributed by atoms with Crippen molar-refractivity contribution in [3.63, 3.8) is 0 Å². The largest absolute Gasteiger partial charge is 0.503 e. The molecule has 1 amide bonds. The van der Waals surface area contributed by atoms with Crippen molar-refractivity contribution >= 4 is 22.7 Å². The molecule has 0 saturated carbocycles. The van der Waals surface area contributed by atoms with Gasteiger partial charge in [-0.1, -0.05) is 67.8 Å². The lowest BCUT2D eigenvalue weighted by atomic mass is 9.94. The molecule has 3 aromatic rings. The van der Waals surface area contributed by atoms with E-state index in [1.807, 2.05) is 49.4 Å². The summed E-state index contributed by atoms with van der Waals surface area (Å²) in [6, 6.07) is 16.1. The quantitative estimate of drug-likeness (QED) is 0.417. The molecule has 30 heavy (non-hydrogen) atoms. The average Bonchev–Trinajstić information content (AvgIpc) is 3.28. The Bertz CT molecular complexity index is 1110. The van der Waals surface area contributed by atoms with Gasteiger partial charge >= 0.3 is 0 Å². The molecule has 4 rings (SSSR count). The molecule has 5 heteroatoms. The highest BCUT2D eigenvalue weighted by molar-refractivity contribution is 6.16. The summed E-state index contributed by atoms with van der Waals surface area (Å²) in [5.74, 6) is -1.32. The number of aliphatic hydroxyl groups excluding tert-OH is 1. The van der Waals surface area contributed by atoms with Crippen molar-refractivity contribution < 1.29 is 19.1 Å². The summed E-state index contributed by atoms with van der Waals surface area (Å²) in [7, 11) is 0. The predicted molar refractivity (Wildman–Crippen MR) is 115 cm³/mol. The molecule has 2 heterocycles. The van der Waals surface area contributed by atoms with Crippen molar-refractivity contribution in [3.8, 4) is 0 Å². The minimum Gasteiger partial charge on any atom is -0.503 e. The third-order valence-corrected chi connectivity index (χ3v) is 5.56. The lowest BCUT2D eigenvalue weighted by molar-refractivity contribution is -0.129. The summed E-state index contributed by atoms with van der Waals surface area (Å²) in [6.07, 6.45) is 2.79. The molecule has 1 aromatic heterocycles. The van der Waals surface area contributed by atoms with Crippen LogP contribution in [0.1, 0.15) is 53.9 Å². The highest BCUT2D eigenvalue weighted by Crippen LogP contribution is 2.40. The second-order valence-corrected chi connectivity index (χ2v) is 7.76. The highest BCUT2D eigenvalue weighted by atomic mass is 16.3. The number of furan rings is 1. The number of carbonyl (C=O) groups is 2. The second-order valence-electron chi connectivity index (χ2n) is 7.76. The molecule has 0 saturated heterocycles. The molecule has 154 valence electrons. The summed E-state index contributed by atoms with van der Waals surface area (Å²) >= 11 is 0. The number of aliphatic hydroxyl groups is 1. The van der Waals surface area contributed by atoms with Crippen molar-refractivity contribution in [3.05, 3.63) is 82.8 Å². The van der Waals surface area contributed by atoms with E-state index in [-0.39, 0.29) is 11.3 Å². The van der Waals surface area contributed by atoms with Crippen LogP contribution < -0.4 is 0 Å². The Morgan fingerprint density at radius 1 is 1.10 bits per heavy atom. The molecule has 5 nitrogen and oxygen atoms in total. The number of amides is 1. The number of fused-ring (bicyclic) bond motifs is 1. The van der Waals surface area contributed by atoms with Crippen molar-refractivity contribution in [1.82, 2.24) is 4.90 Å². The standard InChI is InChI=1S/C25H25NO4/c1-3-4-7-13-26-22(18-11-8-9-16(2)14-18)21(24(28)25(26)29)23(27)20-15-17-10-5-6-12-19(17)30-20/h5-6,8-12,14-15,22,28H,3-4,7,13H2,1-2H3. The smallest absolute Gasteiger partial charge is 0.290 e. The molecule has 2 aromatic carbocycles. The Morgan fingerprint density at radius 3 is 2.63 bits per heavy atom. The first-order valence-corrected chi connectivity index (χ1v) is 10.3. The number of carbonyl (C=O) groups excluding carboxylic acids is 2. The maximum absolute atomic E-state index is 13.4. The van der Waals surface area contributed by atoms with E-state index in [1.54, 1.807) is 17.0 Å². The molecule has 1 unspecified atom stereocenters. The van der Waals surface area contributed by atoms with Crippen LogP contribution in [0.4, 0.5) is 0 Å². The number of aryl methyl sites for hydroxylation is 1. The summed E-state index contributed by atoms with van der Waals surface area (Å²) in [5, 5.41) is 11.5. The average molecular weight is 403 g/mol. The zero-order chi connectivity index (χ0) is 21.3. The van der Waals surface area contributed by atoms with E-state index in [1.165, 1.54) is 0 Å². The van der Waals surface area contributed by atoms with Crippen LogP contribution in [0.15, 0.2) is 70.3 Å². The first-order chi connectivity index (χ1) is 14.5. The third kappa shape index (κ3) is 3.52. The zero-order valence-electron chi connectivity index (χ0n) is 17.2. The van der Waals surface area contributed by atoms with Crippen molar-refractivity contribution in [2.75, 3.05) is 6.54 Å². The van der Waals surface area contributed by atoms with E-state index in [4.69, 9.17) is 4.42 Å². The second kappa shape index (κ2) is 8.19. The third-order valence-electron chi connectivity index (χ3n) is 5.56. The van der Waals surface area contributed by atoms with Crippen LogP contribution in [0.5, 0.6) is 0 Å². The van der Waals surface area contributed by atoms with Crippen LogP contribution >= 0.6 is 0 Å². The number of para-hydroxylation sites is 1. The topological polar surface area (TPSA) is 70.8 Å². The lowest BCUT2D eigenvalue weighted by Gasteiger charge is -2.27. The van der Waals surface area contributed by atoms with Gasteiger partial charge in [0.25, 0.3) is 5.91 Å². The van der Waals surface area contributed by atoms with E-state index in [9.17, 15) is 14.7 Å². The molecule has 0 bridgehead atoms. The Labute approximate surface area is 175 Å². The van der Waals surface area contributed by atoms with Crippen LogP contribution in [-0.4, -0.2) is 28.2 Å². The lowest BCUT2D eigenvalue weighted by Crippen LogP contribution is -2.32. The minimum atomic E-state index is -0.630. The minimum absolute atomic E-state index is 0.0844. The van der Waals surface area contributed by atoms with Gasteiger partial charge in [0, 0.05) is 11.9 Å². The van der Waals surface area contributed by atoms with Crippen LogP contribution in [0.2, 0.25) is 0 Å². The number of Topliss-reactive ketones (excluding diaryl/α,β-unsaturated/α-hetero) is 1. The Kier molecular flexibility index (Phi) is 5.44. The van der Waals surface area contributed by atoms with Gasteiger partial charge in [-0.05, 0) is 31.0 Å². The number of unbranched alkanes of at least 4 members (excludes halogenated alkanes) is 2. The maximum Gasteiger partial charge on any atom is 0.290 e. The van der Waals surface area contributed by atoms with Crippen LogP contribution in [0, 0.1) is 6.92 Å². The van der Waals surface area contributed by atoms with Gasteiger partial charge in [0.1, 0.15) is 5.58 Å². The first kappa shape index (κ1) is 20.0. The van der Waals surface area contributed by atoms with E-state index in [0.29, 0.717) is 12.1 Å². The van der Waals surface area contributed by atoms with Gasteiger partial charge in [-0.2, -0.15) is 0 Å². The van der Waals surface area contributed by atoms with Crippen LogP contribution in [0.25, 0.3) is 11.0 Å². The fourth-order valence-corrected chi connectivity index (χ4v) is 4.06. The molecule has 1 aliphatic rings. The summed E-state index contributed by atoms with van der Waals surface area (Å²) < 4.78 is 5.74. The van der Waals surface area contributed by atoms with Crippen molar-refractivity contribution in [2.24, 2.45) is 0 Å². The molecule has 1 N–H and O–H groups in total. The van der Waals surface area contributed by atoms with Gasteiger partial charge < -0.3 is 14.4 Å². The molecular formula is C25H25NO4. The zero-order valence-corrected chi connectivity index (χ0v) is 17.2.